The first-order chi connectivity index (χ1) is 3.80. The summed E-state index contributed by atoms with van der Waals surface area (Å²) in [5, 5.41) is 10.9. The van der Waals surface area contributed by atoms with Crippen LogP contribution in [-0.2, 0) is 11.3 Å². The van der Waals surface area contributed by atoms with Crippen molar-refractivity contribution in [3.63, 3.8) is 0 Å². The van der Waals surface area contributed by atoms with Gasteiger partial charge in [-0.1, -0.05) is 0 Å². The van der Waals surface area contributed by atoms with E-state index in [4.69, 9.17) is 11.0 Å². The molecule has 0 fully saturated rings. The topological polar surface area (TPSA) is 67.6 Å². The summed E-state index contributed by atoms with van der Waals surface area (Å²) in [6, 6.07) is 0. The minimum absolute atomic E-state index is 0.502. The smallest absolute Gasteiger partial charge is 0.185 e. The largest absolute Gasteiger partial charge is 0.256 e. The van der Waals surface area contributed by atoms with Crippen LogP contribution in [0.5, 0.6) is 0 Å². The van der Waals surface area contributed by atoms with Crippen LogP contribution in [0, 0.1) is 0 Å². The van der Waals surface area contributed by atoms with Crippen LogP contribution in [0.1, 0.15) is 0 Å². The molecule has 0 aliphatic carbocycles. The number of hydrogen-bond acceptors (Lipinski definition) is 4. The standard InChI is InChI=1S/C3H6N4S/c4-7-6-2-1-3-8(7)5/h1-3,5H,4H2/p+1. The highest BCUT2D eigenvalue weighted by molar-refractivity contribution is 7.95. The molecule has 0 saturated carbocycles. The minimum atomic E-state index is -0.502. The van der Waals surface area contributed by atoms with Gasteiger partial charge in [0.05, 0.1) is 6.21 Å². The normalized spacial score (nSPS) is 26.8. The summed E-state index contributed by atoms with van der Waals surface area (Å²) in [4.78, 5) is 0. The van der Waals surface area contributed by atoms with Gasteiger partial charge in [-0.15, -0.1) is 10.2 Å². The van der Waals surface area contributed by atoms with Crippen LogP contribution >= 0.6 is 0 Å². The Kier molecular flexibility index (Phi) is 1.52. The number of allylic oxidation sites excluding steroid dienone is 1. The maximum Gasteiger partial charge on any atom is 0.256 e. The van der Waals surface area contributed by atoms with Gasteiger partial charge >= 0.3 is 0 Å². The van der Waals surface area contributed by atoms with E-state index in [1.54, 1.807) is 17.7 Å². The number of hydrazone groups is 1. The lowest BCUT2D eigenvalue weighted by Gasteiger charge is -2.05. The van der Waals surface area contributed by atoms with Gasteiger partial charge in [-0.3, -0.25) is 0 Å². The van der Waals surface area contributed by atoms with Gasteiger partial charge in [0.1, 0.15) is 0 Å². The first-order valence-corrected chi connectivity index (χ1v) is 3.35. The van der Waals surface area contributed by atoms with E-state index < -0.39 is 11.3 Å². The van der Waals surface area contributed by atoms with E-state index in [1.807, 2.05) is 0 Å². The second kappa shape index (κ2) is 2.17. The molecule has 0 amide bonds. The molecule has 4 N–H and O–H groups in total. The molecule has 1 unspecified atom stereocenters. The number of rotatable bonds is 0. The Morgan fingerprint density at radius 2 is 2.38 bits per heavy atom. The Morgan fingerprint density at radius 3 is 2.75 bits per heavy atom. The van der Waals surface area contributed by atoms with Gasteiger partial charge in [0.25, 0.3) is 11.3 Å². The highest BCUT2D eigenvalue weighted by Crippen LogP contribution is 1.96. The van der Waals surface area contributed by atoms with Gasteiger partial charge in [0.2, 0.25) is 0 Å². The molecule has 1 atom stereocenters. The average molecular weight is 131 g/mol. The lowest BCUT2D eigenvalue weighted by Crippen LogP contribution is -2.37. The summed E-state index contributed by atoms with van der Waals surface area (Å²) < 4.78 is 1.22. The van der Waals surface area contributed by atoms with Crippen molar-refractivity contribution in [3.05, 3.63) is 11.5 Å². The molecule has 1 heterocycles. The highest BCUT2D eigenvalue weighted by atomic mass is 32.2. The van der Waals surface area contributed by atoms with E-state index in [0.717, 1.165) is 0 Å². The van der Waals surface area contributed by atoms with E-state index in [9.17, 15) is 0 Å². The number of nitrogens with two attached hydrogens (primary N) is 2. The molecular formula is C3H7N4S+. The second-order valence-corrected chi connectivity index (χ2v) is 2.58. The zero-order valence-corrected chi connectivity index (χ0v) is 5.01. The van der Waals surface area contributed by atoms with Crippen molar-refractivity contribution in [2.75, 3.05) is 0 Å². The van der Waals surface area contributed by atoms with E-state index in [2.05, 4.69) is 5.10 Å². The van der Waals surface area contributed by atoms with Crippen LogP contribution in [0.2, 0.25) is 0 Å². The molecule has 0 aromatic carbocycles. The molecule has 4 nitrogen and oxygen atoms in total. The van der Waals surface area contributed by atoms with E-state index in [-0.39, 0.29) is 0 Å². The van der Waals surface area contributed by atoms with Crippen LogP contribution in [0.3, 0.4) is 0 Å². The third-order valence-electron chi connectivity index (χ3n) is 0.701. The third-order valence-corrected chi connectivity index (χ3v) is 1.66. The minimum Gasteiger partial charge on any atom is -0.185 e. The molecule has 0 aromatic heterocycles. The predicted molar refractivity (Wildman–Crippen MR) is 35.2 cm³/mol. The van der Waals surface area contributed by atoms with Gasteiger partial charge in [0, 0.05) is 6.08 Å². The van der Waals surface area contributed by atoms with Gasteiger partial charge < -0.3 is 0 Å². The predicted octanol–water partition coefficient (Wildman–Crippen LogP) is -0.918. The van der Waals surface area contributed by atoms with Crippen molar-refractivity contribution in [2.45, 2.75) is 0 Å². The van der Waals surface area contributed by atoms with Crippen molar-refractivity contribution in [1.82, 2.24) is 4.52 Å². The number of nitrogens with zero attached hydrogens (tertiary/aromatic N) is 2. The molecule has 1 aliphatic heterocycles. The summed E-state index contributed by atoms with van der Waals surface area (Å²) in [6.45, 7) is 0. The molecule has 5 heteroatoms. The van der Waals surface area contributed by atoms with Crippen molar-refractivity contribution in [3.8, 4) is 0 Å². The summed E-state index contributed by atoms with van der Waals surface area (Å²) in [7, 11) is 0. The van der Waals surface area contributed by atoms with Gasteiger partial charge in [-0.05, 0) is 4.52 Å². The van der Waals surface area contributed by atoms with Gasteiger partial charge in [-0.2, -0.15) is 5.84 Å². The Bertz CT molecular complexity index is 115. The average Bonchev–Trinajstić information content (AvgIpc) is 1.77. The SMILES string of the molecule is NN1N=CC=C[S+]1N. The molecule has 1 rings (SSSR count). The van der Waals surface area contributed by atoms with Crippen molar-refractivity contribution < 1.29 is 0 Å². The quantitative estimate of drug-likeness (QED) is 0.330. The fourth-order valence-electron chi connectivity index (χ4n) is 0.337. The van der Waals surface area contributed by atoms with Crippen LogP contribution < -0.4 is 11.0 Å². The van der Waals surface area contributed by atoms with Crippen LogP contribution in [0.25, 0.3) is 0 Å². The first kappa shape index (κ1) is 5.61. The van der Waals surface area contributed by atoms with Crippen LogP contribution in [0.4, 0.5) is 0 Å². The Morgan fingerprint density at radius 1 is 1.62 bits per heavy atom. The Labute approximate surface area is 50.4 Å². The molecule has 0 aromatic rings. The molecule has 0 spiro atoms. The first-order valence-electron chi connectivity index (χ1n) is 2.04. The molecule has 44 valence electrons. The Balaban J connectivity index is 2.59. The number of hydrogen-bond donors (Lipinski definition) is 2. The summed E-state index contributed by atoms with van der Waals surface area (Å²) in [5.41, 5.74) is 0. The van der Waals surface area contributed by atoms with E-state index in [0.29, 0.717) is 0 Å². The van der Waals surface area contributed by atoms with Crippen molar-refractivity contribution in [1.29, 1.82) is 0 Å². The summed E-state index contributed by atoms with van der Waals surface area (Å²) >= 11 is -0.502. The maximum atomic E-state index is 5.41. The molecule has 1 aliphatic rings. The van der Waals surface area contributed by atoms with Gasteiger partial charge in [0.15, 0.2) is 5.41 Å². The lowest BCUT2D eigenvalue weighted by molar-refractivity contribution is 0.529. The van der Waals surface area contributed by atoms with Crippen molar-refractivity contribution in [2.24, 2.45) is 16.1 Å². The van der Waals surface area contributed by atoms with Crippen LogP contribution in [-0.4, -0.2) is 10.7 Å². The van der Waals surface area contributed by atoms with Crippen molar-refractivity contribution >= 4 is 17.5 Å². The molecule has 0 radical (unpaired) electrons. The third kappa shape index (κ3) is 1.00. The molecule has 0 saturated heterocycles. The molecule has 8 heavy (non-hydrogen) atoms. The van der Waals surface area contributed by atoms with E-state index in [1.165, 1.54) is 4.52 Å². The lowest BCUT2D eigenvalue weighted by atomic mass is 10.7. The summed E-state index contributed by atoms with van der Waals surface area (Å²) in [5.74, 6) is 5.25. The summed E-state index contributed by atoms with van der Waals surface area (Å²) in [6.07, 6.45) is 3.36. The van der Waals surface area contributed by atoms with Gasteiger partial charge in [-0.25, -0.2) is 0 Å². The Hall–Kier alpha value is -0.520. The highest BCUT2D eigenvalue weighted by Gasteiger charge is 2.17. The second-order valence-electron chi connectivity index (χ2n) is 1.24. The van der Waals surface area contributed by atoms with Crippen LogP contribution in [0.15, 0.2) is 16.6 Å². The van der Waals surface area contributed by atoms with E-state index >= 15 is 0 Å². The molecular weight excluding hydrogens is 124 g/mol. The molecule has 0 bridgehead atoms. The fraction of sp³-hybridized carbons (Fsp3) is 0. The maximum absolute atomic E-state index is 5.41. The fourth-order valence-corrected chi connectivity index (χ4v) is 0.856. The zero-order valence-electron chi connectivity index (χ0n) is 4.19. The number of hydrazine groups is 1. The zero-order chi connectivity index (χ0) is 5.98. The monoisotopic (exact) mass is 131 g/mol.